The van der Waals surface area contributed by atoms with Crippen LogP contribution in [-0.4, -0.2) is 70.1 Å². The minimum Gasteiger partial charge on any atom is -0.368 e. The lowest BCUT2D eigenvalue weighted by Gasteiger charge is -2.35. The summed E-state index contributed by atoms with van der Waals surface area (Å²) >= 11 is 0. The molecule has 2 aromatic heterocycles. The van der Waals surface area contributed by atoms with Gasteiger partial charge in [0.1, 0.15) is 5.82 Å². The Morgan fingerprint density at radius 1 is 1.07 bits per heavy atom. The zero-order valence-corrected chi connectivity index (χ0v) is 15.8. The maximum Gasteiger partial charge on any atom is 0.228 e. The molecule has 0 radical (unpaired) electrons. The molecule has 2 aromatic rings. The van der Waals surface area contributed by atoms with Gasteiger partial charge in [-0.2, -0.15) is 4.98 Å². The van der Waals surface area contributed by atoms with E-state index in [0.29, 0.717) is 6.04 Å². The minimum atomic E-state index is 0.282. The van der Waals surface area contributed by atoms with Gasteiger partial charge in [-0.3, -0.25) is 0 Å². The molecule has 8 heteroatoms. The summed E-state index contributed by atoms with van der Waals surface area (Å²) in [6.45, 7) is 8.54. The van der Waals surface area contributed by atoms with Crippen LogP contribution in [0.5, 0.6) is 0 Å². The molecule has 27 heavy (non-hydrogen) atoms. The number of hydrogen-bond donors (Lipinski definition) is 1. The van der Waals surface area contributed by atoms with Gasteiger partial charge in [-0.25, -0.2) is 15.0 Å². The molecule has 4 fully saturated rings. The fraction of sp³-hybridized carbons (Fsp3) is 0.579. The van der Waals surface area contributed by atoms with Crippen molar-refractivity contribution < 1.29 is 0 Å². The van der Waals surface area contributed by atoms with Gasteiger partial charge < -0.3 is 20.4 Å². The molecule has 2 bridgehead atoms. The lowest BCUT2D eigenvalue weighted by molar-refractivity contribution is 0.270. The number of nitrogens with zero attached hydrogens (tertiary/aromatic N) is 7. The van der Waals surface area contributed by atoms with Crippen molar-refractivity contribution in [2.24, 2.45) is 5.92 Å². The molecule has 0 unspecified atom stereocenters. The number of likely N-dealkylation sites (N-methyl/N-ethyl adjacent to an activating group) is 1. The first-order valence-corrected chi connectivity index (χ1v) is 9.90. The Morgan fingerprint density at radius 2 is 1.81 bits per heavy atom. The van der Waals surface area contributed by atoms with Crippen LogP contribution in [-0.2, 0) is 0 Å². The van der Waals surface area contributed by atoms with Crippen molar-refractivity contribution in [2.75, 3.05) is 54.8 Å². The van der Waals surface area contributed by atoms with Crippen LogP contribution in [0.25, 0.3) is 11.3 Å². The highest BCUT2D eigenvalue weighted by atomic mass is 15.3. The third-order valence-electron chi connectivity index (χ3n) is 6.18. The van der Waals surface area contributed by atoms with E-state index in [1.807, 2.05) is 0 Å². The van der Waals surface area contributed by atoms with Gasteiger partial charge >= 0.3 is 0 Å². The summed E-state index contributed by atoms with van der Waals surface area (Å²) in [5, 5.41) is 0. The second-order valence-electron chi connectivity index (χ2n) is 7.81. The third kappa shape index (κ3) is 3.07. The van der Waals surface area contributed by atoms with Crippen LogP contribution >= 0.6 is 0 Å². The molecular formula is C19H26N8. The number of aromatic nitrogens is 4. The minimum absolute atomic E-state index is 0.282. The molecule has 3 saturated heterocycles. The third-order valence-corrected chi connectivity index (χ3v) is 6.18. The Morgan fingerprint density at radius 3 is 2.44 bits per heavy atom. The van der Waals surface area contributed by atoms with Crippen molar-refractivity contribution in [1.82, 2.24) is 24.8 Å². The summed E-state index contributed by atoms with van der Waals surface area (Å²) in [6, 6.07) is 2.68. The molecule has 1 saturated carbocycles. The van der Waals surface area contributed by atoms with Gasteiger partial charge in [-0.1, -0.05) is 6.92 Å². The predicted molar refractivity (Wildman–Crippen MR) is 106 cm³/mol. The average Bonchev–Trinajstić information content (AvgIpc) is 3.30. The van der Waals surface area contributed by atoms with Crippen LogP contribution in [0.1, 0.15) is 19.8 Å². The Labute approximate surface area is 159 Å². The zero-order valence-electron chi connectivity index (χ0n) is 15.8. The number of rotatable bonds is 4. The maximum absolute atomic E-state index is 5.65. The standard InChI is InChI=1S/C19H26N8/c1-2-25-3-5-26(6-4-25)17-9-16(14-10-21-18(20)22-11-14)23-19(24-17)27-12-13-7-15(27)8-13/h9-11,13,15H,2-8,12H2,1H3,(H2,20,21,22). The SMILES string of the molecule is CCN1CCN(c2cc(-c3cnc(N)nc3)nc(N3CC4CC3C4)n2)CC1. The highest BCUT2D eigenvalue weighted by Gasteiger charge is 2.44. The van der Waals surface area contributed by atoms with Crippen LogP contribution in [0.2, 0.25) is 0 Å². The Bertz CT molecular complexity index is 809. The van der Waals surface area contributed by atoms with E-state index in [1.54, 1.807) is 12.4 Å². The lowest BCUT2D eigenvalue weighted by atomic mass is 9.86. The van der Waals surface area contributed by atoms with E-state index in [9.17, 15) is 0 Å². The topological polar surface area (TPSA) is 87.3 Å². The van der Waals surface area contributed by atoms with Crippen molar-refractivity contribution >= 4 is 17.7 Å². The van der Waals surface area contributed by atoms with E-state index in [-0.39, 0.29) is 5.95 Å². The van der Waals surface area contributed by atoms with Crippen molar-refractivity contribution in [3.8, 4) is 11.3 Å². The van der Waals surface area contributed by atoms with Crippen LogP contribution in [0.3, 0.4) is 0 Å². The highest BCUT2D eigenvalue weighted by molar-refractivity contribution is 5.64. The predicted octanol–water partition coefficient (Wildman–Crippen LogP) is 1.26. The van der Waals surface area contributed by atoms with Gasteiger partial charge in [-0.15, -0.1) is 0 Å². The smallest absolute Gasteiger partial charge is 0.228 e. The molecule has 4 aliphatic rings. The quantitative estimate of drug-likeness (QED) is 0.865. The average molecular weight is 366 g/mol. The van der Waals surface area contributed by atoms with Crippen LogP contribution < -0.4 is 15.5 Å². The Hall–Kier alpha value is -2.48. The summed E-state index contributed by atoms with van der Waals surface area (Å²) in [4.78, 5) is 25.4. The van der Waals surface area contributed by atoms with Crippen molar-refractivity contribution in [2.45, 2.75) is 25.8 Å². The monoisotopic (exact) mass is 366 g/mol. The van der Waals surface area contributed by atoms with Crippen LogP contribution in [0, 0.1) is 5.92 Å². The molecule has 1 aliphatic carbocycles. The second-order valence-corrected chi connectivity index (χ2v) is 7.81. The normalized spacial score (nSPS) is 24.9. The van der Waals surface area contributed by atoms with Crippen molar-refractivity contribution in [1.29, 1.82) is 0 Å². The maximum atomic E-state index is 5.65. The highest BCUT2D eigenvalue weighted by Crippen LogP contribution is 2.42. The van der Waals surface area contributed by atoms with Crippen LogP contribution in [0.15, 0.2) is 18.5 Å². The van der Waals surface area contributed by atoms with E-state index < -0.39 is 0 Å². The van der Waals surface area contributed by atoms with Crippen molar-refractivity contribution in [3.63, 3.8) is 0 Å². The van der Waals surface area contributed by atoms with E-state index in [0.717, 1.165) is 68.2 Å². The van der Waals surface area contributed by atoms with Gasteiger partial charge in [0.2, 0.25) is 11.9 Å². The molecule has 6 rings (SSSR count). The molecule has 8 nitrogen and oxygen atoms in total. The van der Waals surface area contributed by atoms with Gasteiger partial charge in [0, 0.05) is 62.8 Å². The van der Waals surface area contributed by atoms with E-state index in [1.165, 1.54) is 12.8 Å². The first-order chi connectivity index (χ1) is 13.2. The molecule has 5 heterocycles. The molecule has 0 aromatic carbocycles. The van der Waals surface area contributed by atoms with Gasteiger partial charge in [0.15, 0.2) is 0 Å². The molecular weight excluding hydrogens is 340 g/mol. The Kier molecular flexibility index (Phi) is 4.07. The van der Waals surface area contributed by atoms with E-state index >= 15 is 0 Å². The zero-order chi connectivity index (χ0) is 18.4. The molecule has 2 N–H and O–H groups in total. The van der Waals surface area contributed by atoms with E-state index in [2.05, 4.69) is 37.7 Å². The first kappa shape index (κ1) is 16.7. The number of fused-ring (bicyclic) bond motifs is 1. The summed E-state index contributed by atoms with van der Waals surface area (Å²) in [5.74, 6) is 2.96. The molecule has 0 atom stereocenters. The number of hydrogen-bond acceptors (Lipinski definition) is 8. The largest absolute Gasteiger partial charge is 0.368 e. The molecule has 142 valence electrons. The van der Waals surface area contributed by atoms with Gasteiger partial charge in [0.05, 0.1) is 5.69 Å². The fourth-order valence-electron chi connectivity index (χ4n) is 4.40. The molecule has 3 aliphatic heterocycles. The number of nitrogen functional groups attached to an aromatic ring is 1. The second kappa shape index (κ2) is 6.60. The van der Waals surface area contributed by atoms with Crippen LogP contribution in [0.4, 0.5) is 17.7 Å². The fourth-order valence-corrected chi connectivity index (χ4v) is 4.40. The number of anilines is 3. The van der Waals surface area contributed by atoms with Gasteiger partial charge in [0.25, 0.3) is 0 Å². The Balaban J connectivity index is 1.49. The summed E-state index contributed by atoms with van der Waals surface area (Å²) in [7, 11) is 0. The van der Waals surface area contributed by atoms with Crippen molar-refractivity contribution in [3.05, 3.63) is 18.5 Å². The number of nitrogens with two attached hydrogens (primary N) is 1. The molecule has 0 spiro atoms. The lowest BCUT2D eigenvalue weighted by Crippen LogP contribution is -2.46. The summed E-state index contributed by atoms with van der Waals surface area (Å²) in [5.41, 5.74) is 7.41. The summed E-state index contributed by atoms with van der Waals surface area (Å²) in [6.07, 6.45) is 6.06. The first-order valence-electron chi connectivity index (χ1n) is 9.90. The van der Waals surface area contributed by atoms with E-state index in [4.69, 9.17) is 15.7 Å². The summed E-state index contributed by atoms with van der Waals surface area (Å²) < 4.78 is 0. The molecule has 0 amide bonds. The van der Waals surface area contributed by atoms with Gasteiger partial charge in [-0.05, 0) is 25.3 Å². The number of piperazine rings is 1.